The van der Waals surface area contributed by atoms with Gasteiger partial charge in [-0.15, -0.1) is 0 Å². The Morgan fingerprint density at radius 1 is 1.08 bits per heavy atom. The summed E-state index contributed by atoms with van der Waals surface area (Å²) in [5.41, 5.74) is 0.0574. The first kappa shape index (κ1) is 21.6. The predicted molar refractivity (Wildman–Crippen MR) is 98.9 cm³/mol. The molecule has 0 saturated carbocycles. The molecule has 5 nitrogen and oxygen atoms in total. The van der Waals surface area contributed by atoms with Gasteiger partial charge in [0.2, 0.25) is 0 Å². The van der Waals surface area contributed by atoms with Crippen molar-refractivity contribution in [3.63, 3.8) is 0 Å². The molecule has 1 rings (SSSR count). The zero-order valence-electron chi connectivity index (χ0n) is 15.9. The van der Waals surface area contributed by atoms with E-state index in [1.54, 1.807) is 13.8 Å². The Kier molecular flexibility index (Phi) is 7.62. The van der Waals surface area contributed by atoms with Crippen molar-refractivity contribution < 1.29 is 22.1 Å². The minimum absolute atomic E-state index is 0.0714. The van der Waals surface area contributed by atoms with Crippen molar-refractivity contribution in [3.05, 3.63) is 35.9 Å². The van der Waals surface area contributed by atoms with Crippen LogP contribution < -0.4 is 0 Å². The Morgan fingerprint density at radius 2 is 1.68 bits per heavy atom. The van der Waals surface area contributed by atoms with E-state index in [2.05, 4.69) is 0 Å². The standard InChI is InChI=1S/C19H30O5S/c1-6-18(2,3)17(20)23-13-10-14-25(21,22)24-15-19(4,5)16-11-8-7-9-12-16/h7-9,11-12H,6,10,13-15H2,1-5H3. The summed E-state index contributed by atoms with van der Waals surface area (Å²) >= 11 is 0. The first-order valence-electron chi connectivity index (χ1n) is 8.60. The number of esters is 1. The minimum atomic E-state index is -3.65. The average Bonchev–Trinajstić information content (AvgIpc) is 2.57. The minimum Gasteiger partial charge on any atom is -0.465 e. The maximum atomic E-state index is 12.0. The molecule has 0 aromatic heterocycles. The smallest absolute Gasteiger partial charge is 0.311 e. The highest BCUT2D eigenvalue weighted by atomic mass is 32.2. The molecule has 1 aromatic carbocycles. The van der Waals surface area contributed by atoms with Crippen molar-refractivity contribution in [2.45, 2.75) is 52.9 Å². The first-order chi connectivity index (χ1) is 11.5. The first-order valence-corrected chi connectivity index (χ1v) is 10.2. The molecular formula is C19H30O5S. The van der Waals surface area contributed by atoms with Crippen molar-refractivity contribution in [1.82, 2.24) is 0 Å². The molecule has 0 fully saturated rings. The summed E-state index contributed by atoms with van der Waals surface area (Å²) in [5, 5.41) is 0. The summed E-state index contributed by atoms with van der Waals surface area (Å²) in [6.45, 7) is 9.55. The van der Waals surface area contributed by atoms with E-state index < -0.39 is 20.9 Å². The third-order valence-electron chi connectivity index (χ3n) is 4.36. The van der Waals surface area contributed by atoms with Gasteiger partial charge in [-0.2, -0.15) is 8.42 Å². The van der Waals surface area contributed by atoms with Crippen LogP contribution in [0.4, 0.5) is 0 Å². The highest BCUT2D eigenvalue weighted by Crippen LogP contribution is 2.24. The second kappa shape index (κ2) is 8.81. The lowest BCUT2D eigenvalue weighted by molar-refractivity contribution is -0.154. The normalized spacial score (nSPS) is 12.8. The van der Waals surface area contributed by atoms with Crippen LogP contribution in [0.15, 0.2) is 30.3 Å². The topological polar surface area (TPSA) is 69.7 Å². The van der Waals surface area contributed by atoms with Gasteiger partial charge in [0.05, 0.1) is 24.4 Å². The molecule has 0 atom stereocenters. The number of carbonyl (C=O) groups excluding carboxylic acids is 1. The zero-order valence-corrected chi connectivity index (χ0v) is 16.7. The van der Waals surface area contributed by atoms with Crippen LogP contribution in [0.1, 0.15) is 53.0 Å². The quantitative estimate of drug-likeness (QED) is 0.357. The Bertz CT molecular complexity index is 648. The molecule has 1 aromatic rings. The third-order valence-corrected chi connectivity index (χ3v) is 5.63. The third kappa shape index (κ3) is 7.16. The van der Waals surface area contributed by atoms with Gasteiger partial charge in [-0.3, -0.25) is 8.98 Å². The second-order valence-electron chi connectivity index (χ2n) is 7.50. The van der Waals surface area contributed by atoms with Crippen molar-refractivity contribution in [2.75, 3.05) is 19.0 Å². The second-order valence-corrected chi connectivity index (χ2v) is 9.26. The van der Waals surface area contributed by atoms with Crippen LogP contribution >= 0.6 is 0 Å². The summed E-state index contributed by atoms with van der Waals surface area (Å²) in [6.07, 6.45) is 0.890. The Morgan fingerprint density at radius 3 is 2.24 bits per heavy atom. The van der Waals surface area contributed by atoms with Crippen molar-refractivity contribution in [3.8, 4) is 0 Å². The van der Waals surface area contributed by atoms with Crippen LogP contribution in [0.25, 0.3) is 0 Å². The van der Waals surface area contributed by atoms with Gasteiger partial charge in [-0.25, -0.2) is 0 Å². The number of hydrogen-bond acceptors (Lipinski definition) is 5. The molecule has 0 bridgehead atoms. The lowest BCUT2D eigenvalue weighted by atomic mass is 9.86. The van der Waals surface area contributed by atoms with E-state index in [0.717, 1.165) is 5.56 Å². The summed E-state index contributed by atoms with van der Waals surface area (Å²) < 4.78 is 34.4. The van der Waals surface area contributed by atoms with Crippen molar-refractivity contribution in [1.29, 1.82) is 0 Å². The van der Waals surface area contributed by atoms with Gasteiger partial charge in [0.25, 0.3) is 10.1 Å². The van der Waals surface area contributed by atoms with E-state index in [1.807, 2.05) is 51.1 Å². The van der Waals surface area contributed by atoms with Gasteiger partial charge in [0.15, 0.2) is 0 Å². The van der Waals surface area contributed by atoms with Gasteiger partial charge in [0.1, 0.15) is 0 Å². The fourth-order valence-electron chi connectivity index (χ4n) is 2.01. The SMILES string of the molecule is CCC(C)(C)C(=O)OCCCS(=O)(=O)OCC(C)(C)c1ccccc1. The molecule has 0 aliphatic heterocycles. The molecule has 0 N–H and O–H groups in total. The molecule has 0 amide bonds. The van der Waals surface area contributed by atoms with Gasteiger partial charge < -0.3 is 4.74 Å². The maximum absolute atomic E-state index is 12.0. The van der Waals surface area contributed by atoms with Crippen LogP contribution in [-0.2, 0) is 29.2 Å². The van der Waals surface area contributed by atoms with E-state index >= 15 is 0 Å². The molecule has 0 radical (unpaired) electrons. The lowest BCUT2D eigenvalue weighted by Gasteiger charge is -2.24. The molecular weight excluding hydrogens is 340 g/mol. The fraction of sp³-hybridized carbons (Fsp3) is 0.632. The molecule has 142 valence electrons. The van der Waals surface area contributed by atoms with Crippen LogP contribution in [0.5, 0.6) is 0 Å². The Balaban J connectivity index is 2.43. The Hall–Kier alpha value is -1.40. The van der Waals surface area contributed by atoms with Gasteiger partial charge >= 0.3 is 5.97 Å². The van der Waals surface area contributed by atoms with E-state index in [0.29, 0.717) is 6.42 Å². The molecule has 0 aliphatic rings. The van der Waals surface area contributed by atoms with Crippen LogP contribution in [0, 0.1) is 5.41 Å². The molecule has 0 spiro atoms. The maximum Gasteiger partial charge on any atom is 0.311 e. The van der Waals surface area contributed by atoms with E-state index in [1.165, 1.54) is 0 Å². The van der Waals surface area contributed by atoms with Crippen LogP contribution in [0.2, 0.25) is 0 Å². The number of carbonyl (C=O) groups is 1. The molecule has 0 aliphatic carbocycles. The summed E-state index contributed by atoms with van der Waals surface area (Å²) in [5.74, 6) is -0.476. The average molecular weight is 371 g/mol. The highest BCUT2D eigenvalue weighted by molar-refractivity contribution is 7.86. The summed E-state index contributed by atoms with van der Waals surface area (Å²) in [4.78, 5) is 11.8. The van der Waals surface area contributed by atoms with E-state index in [4.69, 9.17) is 8.92 Å². The van der Waals surface area contributed by atoms with Crippen LogP contribution in [0.3, 0.4) is 0 Å². The van der Waals surface area contributed by atoms with Crippen molar-refractivity contribution >= 4 is 16.1 Å². The molecule has 0 saturated heterocycles. The van der Waals surface area contributed by atoms with Gasteiger partial charge in [-0.1, -0.05) is 51.1 Å². The Labute approximate surface area is 151 Å². The van der Waals surface area contributed by atoms with Gasteiger partial charge in [0, 0.05) is 5.41 Å². The van der Waals surface area contributed by atoms with E-state index in [-0.39, 0.29) is 31.4 Å². The van der Waals surface area contributed by atoms with E-state index in [9.17, 15) is 13.2 Å². The number of benzene rings is 1. The molecule has 6 heteroatoms. The monoisotopic (exact) mass is 370 g/mol. The summed E-state index contributed by atoms with van der Waals surface area (Å²) in [7, 11) is -3.65. The molecule has 0 unspecified atom stereocenters. The number of rotatable bonds is 10. The summed E-state index contributed by atoms with van der Waals surface area (Å²) in [6, 6.07) is 9.64. The lowest BCUT2D eigenvalue weighted by Crippen LogP contribution is -2.28. The van der Waals surface area contributed by atoms with Crippen molar-refractivity contribution in [2.24, 2.45) is 5.41 Å². The number of ether oxygens (including phenoxy) is 1. The highest BCUT2D eigenvalue weighted by Gasteiger charge is 2.27. The predicted octanol–water partition coefficient (Wildman–Crippen LogP) is 3.68. The fourth-order valence-corrected chi connectivity index (χ4v) is 3.07. The zero-order chi connectivity index (χ0) is 19.1. The number of hydrogen-bond donors (Lipinski definition) is 0. The molecule has 25 heavy (non-hydrogen) atoms. The largest absolute Gasteiger partial charge is 0.465 e. The van der Waals surface area contributed by atoms with Crippen LogP contribution in [-0.4, -0.2) is 33.4 Å². The van der Waals surface area contributed by atoms with Gasteiger partial charge in [-0.05, 0) is 32.3 Å². The molecule has 0 heterocycles.